The van der Waals surface area contributed by atoms with Gasteiger partial charge in [-0.15, -0.1) is 0 Å². The summed E-state index contributed by atoms with van der Waals surface area (Å²) in [6.45, 7) is 1.45. The zero-order valence-corrected chi connectivity index (χ0v) is 12.8. The number of likely N-dealkylation sites (tertiary alicyclic amines) is 1. The van der Waals surface area contributed by atoms with Gasteiger partial charge in [-0.2, -0.15) is 0 Å². The SMILES string of the molecule is CN(C)C1CCN(C(=O)c2cc(F)ccc2Br)CC1. The van der Waals surface area contributed by atoms with Crippen LogP contribution in [0.2, 0.25) is 0 Å². The van der Waals surface area contributed by atoms with Gasteiger partial charge in [0.2, 0.25) is 0 Å². The Hall–Kier alpha value is -0.940. The number of carbonyl (C=O) groups is 1. The van der Waals surface area contributed by atoms with Crippen molar-refractivity contribution in [3.05, 3.63) is 34.1 Å². The van der Waals surface area contributed by atoms with Crippen LogP contribution in [0.25, 0.3) is 0 Å². The van der Waals surface area contributed by atoms with Crippen LogP contribution in [0, 0.1) is 5.82 Å². The summed E-state index contributed by atoms with van der Waals surface area (Å²) in [5.41, 5.74) is 0.406. The standard InChI is InChI=1S/C14H18BrFN2O/c1-17(2)11-5-7-18(8-6-11)14(19)12-9-10(16)3-4-13(12)15/h3-4,9,11H,5-8H2,1-2H3. The van der Waals surface area contributed by atoms with E-state index in [1.807, 2.05) is 0 Å². The van der Waals surface area contributed by atoms with Crippen molar-refractivity contribution in [2.45, 2.75) is 18.9 Å². The van der Waals surface area contributed by atoms with Gasteiger partial charge in [-0.25, -0.2) is 4.39 Å². The van der Waals surface area contributed by atoms with Crippen LogP contribution in [-0.4, -0.2) is 48.9 Å². The Labute approximate surface area is 121 Å². The fourth-order valence-electron chi connectivity index (χ4n) is 2.42. The highest BCUT2D eigenvalue weighted by atomic mass is 79.9. The maximum Gasteiger partial charge on any atom is 0.255 e. The van der Waals surface area contributed by atoms with Gasteiger partial charge in [0, 0.05) is 23.6 Å². The highest BCUT2D eigenvalue weighted by Crippen LogP contribution is 2.22. The van der Waals surface area contributed by atoms with E-state index in [0.29, 0.717) is 16.1 Å². The van der Waals surface area contributed by atoms with Gasteiger partial charge in [0.25, 0.3) is 5.91 Å². The molecule has 0 spiro atoms. The van der Waals surface area contributed by atoms with Crippen molar-refractivity contribution in [2.24, 2.45) is 0 Å². The van der Waals surface area contributed by atoms with Crippen molar-refractivity contribution in [3.63, 3.8) is 0 Å². The van der Waals surface area contributed by atoms with Crippen LogP contribution in [-0.2, 0) is 0 Å². The largest absolute Gasteiger partial charge is 0.338 e. The van der Waals surface area contributed by atoms with Crippen molar-refractivity contribution < 1.29 is 9.18 Å². The van der Waals surface area contributed by atoms with Crippen molar-refractivity contribution in [1.29, 1.82) is 0 Å². The molecule has 1 heterocycles. The highest BCUT2D eigenvalue weighted by molar-refractivity contribution is 9.10. The quantitative estimate of drug-likeness (QED) is 0.833. The molecule has 0 bridgehead atoms. The minimum absolute atomic E-state index is 0.0939. The van der Waals surface area contributed by atoms with Gasteiger partial charge in [0.15, 0.2) is 0 Å². The first-order valence-electron chi connectivity index (χ1n) is 6.40. The third-order valence-electron chi connectivity index (χ3n) is 3.64. The molecule has 3 nitrogen and oxygen atoms in total. The molecule has 19 heavy (non-hydrogen) atoms. The molecule has 0 radical (unpaired) electrons. The maximum atomic E-state index is 13.2. The molecule has 0 N–H and O–H groups in total. The molecular weight excluding hydrogens is 311 g/mol. The molecule has 0 saturated carbocycles. The number of hydrogen-bond donors (Lipinski definition) is 0. The summed E-state index contributed by atoms with van der Waals surface area (Å²) in [4.78, 5) is 16.4. The molecule has 1 saturated heterocycles. The van der Waals surface area contributed by atoms with Crippen LogP contribution in [0.4, 0.5) is 4.39 Å². The molecule has 5 heteroatoms. The molecular formula is C14H18BrFN2O. The predicted molar refractivity (Wildman–Crippen MR) is 76.7 cm³/mol. The Morgan fingerprint density at radius 1 is 1.37 bits per heavy atom. The average molecular weight is 329 g/mol. The maximum absolute atomic E-state index is 13.2. The Morgan fingerprint density at radius 3 is 2.58 bits per heavy atom. The van der Waals surface area contributed by atoms with Crippen molar-refractivity contribution in [3.8, 4) is 0 Å². The van der Waals surface area contributed by atoms with Crippen LogP contribution in [0.15, 0.2) is 22.7 Å². The molecule has 2 rings (SSSR count). The summed E-state index contributed by atoms with van der Waals surface area (Å²) in [6.07, 6.45) is 1.93. The van der Waals surface area contributed by atoms with Crippen LogP contribution in [0.1, 0.15) is 23.2 Å². The first-order chi connectivity index (χ1) is 8.99. The summed E-state index contributed by atoms with van der Waals surface area (Å²) in [7, 11) is 4.12. The minimum atomic E-state index is -0.380. The smallest absolute Gasteiger partial charge is 0.255 e. The number of halogens is 2. The number of nitrogens with zero attached hydrogens (tertiary/aromatic N) is 2. The summed E-state index contributed by atoms with van der Waals surface area (Å²) in [5, 5.41) is 0. The number of hydrogen-bond acceptors (Lipinski definition) is 2. The third-order valence-corrected chi connectivity index (χ3v) is 4.33. The van der Waals surface area contributed by atoms with E-state index < -0.39 is 0 Å². The third kappa shape index (κ3) is 3.34. The summed E-state index contributed by atoms with van der Waals surface area (Å²) >= 11 is 3.31. The van der Waals surface area contributed by atoms with Crippen LogP contribution >= 0.6 is 15.9 Å². The van der Waals surface area contributed by atoms with Gasteiger partial charge in [0.1, 0.15) is 5.82 Å². The number of amides is 1. The van der Waals surface area contributed by atoms with Gasteiger partial charge >= 0.3 is 0 Å². The monoisotopic (exact) mass is 328 g/mol. The van der Waals surface area contributed by atoms with E-state index in [0.717, 1.165) is 25.9 Å². The number of piperidine rings is 1. The lowest BCUT2D eigenvalue weighted by Crippen LogP contribution is -2.44. The van der Waals surface area contributed by atoms with E-state index in [-0.39, 0.29) is 11.7 Å². The van der Waals surface area contributed by atoms with Gasteiger partial charge in [-0.1, -0.05) is 0 Å². The summed E-state index contributed by atoms with van der Waals surface area (Å²) in [5.74, 6) is -0.474. The predicted octanol–water partition coefficient (Wildman–Crippen LogP) is 2.75. The van der Waals surface area contributed by atoms with Crippen LogP contribution < -0.4 is 0 Å². The second-order valence-electron chi connectivity index (χ2n) is 5.11. The van der Waals surface area contributed by atoms with E-state index >= 15 is 0 Å². The van der Waals surface area contributed by atoms with Crippen LogP contribution in [0.3, 0.4) is 0 Å². The average Bonchev–Trinajstić information content (AvgIpc) is 2.41. The molecule has 1 aromatic carbocycles. The Morgan fingerprint density at radius 2 is 2.00 bits per heavy atom. The van der Waals surface area contributed by atoms with E-state index in [4.69, 9.17) is 0 Å². The normalized spacial score (nSPS) is 17.0. The van der Waals surface area contributed by atoms with Crippen LogP contribution in [0.5, 0.6) is 0 Å². The van der Waals surface area contributed by atoms with E-state index in [1.165, 1.54) is 12.1 Å². The molecule has 0 aromatic heterocycles. The summed E-state index contributed by atoms with van der Waals surface area (Å²) in [6, 6.07) is 4.75. The molecule has 104 valence electrons. The number of rotatable bonds is 2. The molecule has 0 aliphatic carbocycles. The van der Waals surface area contributed by atoms with E-state index in [2.05, 4.69) is 34.9 Å². The number of benzene rings is 1. The fourth-order valence-corrected chi connectivity index (χ4v) is 2.83. The van der Waals surface area contributed by atoms with Crippen molar-refractivity contribution in [2.75, 3.05) is 27.2 Å². The molecule has 1 aliphatic heterocycles. The highest BCUT2D eigenvalue weighted by Gasteiger charge is 2.25. The molecule has 0 atom stereocenters. The second-order valence-corrected chi connectivity index (χ2v) is 5.97. The Bertz CT molecular complexity index is 471. The molecule has 1 aromatic rings. The molecule has 1 amide bonds. The van der Waals surface area contributed by atoms with E-state index in [1.54, 1.807) is 11.0 Å². The summed E-state index contributed by atoms with van der Waals surface area (Å²) < 4.78 is 13.9. The molecule has 0 unspecified atom stereocenters. The van der Waals surface area contributed by atoms with E-state index in [9.17, 15) is 9.18 Å². The second kappa shape index (κ2) is 6.01. The Kier molecular flexibility index (Phi) is 4.58. The zero-order valence-electron chi connectivity index (χ0n) is 11.2. The first-order valence-corrected chi connectivity index (χ1v) is 7.19. The van der Waals surface area contributed by atoms with Gasteiger partial charge in [-0.3, -0.25) is 4.79 Å². The first kappa shape index (κ1) is 14.5. The van der Waals surface area contributed by atoms with Gasteiger partial charge in [0.05, 0.1) is 5.56 Å². The molecule has 1 fully saturated rings. The number of carbonyl (C=O) groups excluding carboxylic acids is 1. The van der Waals surface area contributed by atoms with Crippen molar-refractivity contribution in [1.82, 2.24) is 9.80 Å². The fraction of sp³-hybridized carbons (Fsp3) is 0.500. The van der Waals surface area contributed by atoms with Gasteiger partial charge < -0.3 is 9.80 Å². The lowest BCUT2D eigenvalue weighted by atomic mass is 10.0. The lowest BCUT2D eigenvalue weighted by Gasteiger charge is -2.35. The zero-order chi connectivity index (χ0) is 14.0. The minimum Gasteiger partial charge on any atom is -0.338 e. The molecule has 1 aliphatic rings. The Balaban J connectivity index is 2.07. The lowest BCUT2D eigenvalue weighted by molar-refractivity contribution is 0.0662. The van der Waals surface area contributed by atoms with Gasteiger partial charge in [-0.05, 0) is 61.1 Å². The topological polar surface area (TPSA) is 23.6 Å². The van der Waals surface area contributed by atoms with Crippen molar-refractivity contribution >= 4 is 21.8 Å².